The molecule has 278 valence electrons. The topological polar surface area (TPSA) is 95.5 Å². The van der Waals surface area contributed by atoms with Gasteiger partial charge < -0.3 is 24.5 Å². The van der Waals surface area contributed by atoms with Crippen molar-refractivity contribution < 1.29 is 13.7 Å². The Hall–Kier alpha value is -4.32. The van der Waals surface area contributed by atoms with Crippen molar-refractivity contribution in [3.63, 3.8) is 0 Å². The first-order chi connectivity index (χ1) is 26.2. The van der Waals surface area contributed by atoms with Crippen LogP contribution in [0.4, 0.5) is 11.4 Å². The van der Waals surface area contributed by atoms with E-state index in [1.54, 1.807) is 19.5 Å². The van der Waals surface area contributed by atoms with E-state index in [1.165, 1.54) is 0 Å². The third kappa shape index (κ3) is 7.02. The lowest BCUT2D eigenvalue weighted by atomic mass is 9.99. The Morgan fingerprint density at radius 1 is 0.963 bits per heavy atom. The van der Waals surface area contributed by atoms with Gasteiger partial charge in [0.15, 0.2) is 0 Å². The van der Waals surface area contributed by atoms with E-state index < -0.39 is 11.0 Å². The van der Waals surface area contributed by atoms with E-state index >= 15 is 0 Å². The van der Waals surface area contributed by atoms with Crippen molar-refractivity contribution in [2.24, 2.45) is 0 Å². The van der Waals surface area contributed by atoms with Crippen LogP contribution in [0.25, 0.3) is 33.4 Å². The molecule has 2 unspecified atom stereocenters. The highest BCUT2D eigenvalue weighted by molar-refractivity contribution is 7.82. The molecule has 2 aliphatic rings. The summed E-state index contributed by atoms with van der Waals surface area (Å²) in [5, 5.41) is 5.68. The minimum atomic E-state index is -0.896. The van der Waals surface area contributed by atoms with Gasteiger partial charge in [-0.05, 0) is 68.1 Å². The molecule has 6 aromatic rings. The standard InChI is InChI=1S/C41H39Cl3N6O3S/c1-25(31-12-9-27(42)21-33(31)44)49-24-45-38(26-7-4-3-5-8-26)40(49)37-32-13-10-28(43)22-34(32)46-39(37)41(51)47-35-23-30(53-2)11-14-36(35)48-18-15-29(16-19-48)50-17-6-20-54(50)52/h3-5,7-14,21-25,29,46H,6,15-20H2,1-2H3,(H,47,51). The van der Waals surface area contributed by atoms with Gasteiger partial charge in [-0.15, -0.1) is 0 Å². The lowest BCUT2D eigenvalue weighted by Crippen LogP contribution is -2.44. The zero-order valence-corrected chi connectivity index (χ0v) is 32.9. The van der Waals surface area contributed by atoms with Gasteiger partial charge in [0, 0.05) is 74.6 Å². The molecule has 13 heteroatoms. The zero-order chi connectivity index (χ0) is 37.5. The molecule has 2 N–H and O–H groups in total. The number of carbonyl (C=O) groups excluding carboxylic acids is 1. The molecule has 2 aliphatic heterocycles. The number of nitrogens with zero attached hydrogens (tertiary/aromatic N) is 4. The van der Waals surface area contributed by atoms with Crippen LogP contribution in [0.5, 0.6) is 5.75 Å². The molecule has 0 aliphatic carbocycles. The van der Waals surface area contributed by atoms with Gasteiger partial charge in [-0.3, -0.25) is 4.79 Å². The average molecular weight is 802 g/mol. The summed E-state index contributed by atoms with van der Waals surface area (Å²) in [6.45, 7) is 4.48. The number of carbonyl (C=O) groups is 1. The number of rotatable bonds is 9. The number of nitrogens with one attached hydrogen (secondary N) is 2. The maximum absolute atomic E-state index is 14.8. The monoisotopic (exact) mass is 800 g/mol. The molecular formula is C41H39Cl3N6O3S. The highest BCUT2D eigenvalue weighted by Gasteiger charge is 2.33. The first-order valence-electron chi connectivity index (χ1n) is 18.0. The van der Waals surface area contributed by atoms with Gasteiger partial charge in [0.1, 0.15) is 11.4 Å². The molecule has 0 radical (unpaired) electrons. The van der Waals surface area contributed by atoms with Crippen LogP contribution in [0, 0.1) is 0 Å². The SMILES string of the molecule is COc1ccc(N2CCC(N3CCCS3=O)CC2)c(NC(=O)c2[nH]c3cc(Cl)ccc3c2-c2c(-c3ccccc3)ncn2C(C)c2ccc(Cl)cc2Cl)c1. The van der Waals surface area contributed by atoms with Crippen LogP contribution in [0.2, 0.25) is 15.1 Å². The Kier molecular flexibility index (Phi) is 10.5. The molecule has 4 aromatic carbocycles. The number of hydrogen-bond donors (Lipinski definition) is 2. The minimum absolute atomic E-state index is 0.284. The van der Waals surface area contributed by atoms with Crippen molar-refractivity contribution in [1.29, 1.82) is 0 Å². The quantitative estimate of drug-likeness (QED) is 0.152. The highest BCUT2D eigenvalue weighted by atomic mass is 35.5. The van der Waals surface area contributed by atoms with Gasteiger partial charge in [0.25, 0.3) is 5.91 Å². The summed E-state index contributed by atoms with van der Waals surface area (Å²) in [5.41, 5.74) is 6.46. The van der Waals surface area contributed by atoms with E-state index in [0.29, 0.717) is 49.0 Å². The normalized spacial score (nSPS) is 17.3. The summed E-state index contributed by atoms with van der Waals surface area (Å²) in [6.07, 6.45) is 4.55. The fraction of sp³-hybridized carbons (Fsp3) is 0.268. The average Bonchev–Trinajstić information content (AvgIpc) is 3.91. The van der Waals surface area contributed by atoms with Crippen molar-refractivity contribution in [3.8, 4) is 28.3 Å². The third-order valence-electron chi connectivity index (χ3n) is 10.5. The van der Waals surface area contributed by atoms with E-state index in [-0.39, 0.29) is 18.0 Å². The van der Waals surface area contributed by atoms with Crippen molar-refractivity contribution in [3.05, 3.63) is 118 Å². The number of aromatic amines is 1. The Bertz CT molecular complexity index is 2370. The Morgan fingerprint density at radius 2 is 1.72 bits per heavy atom. The number of ether oxygens (including phenoxy) is 1. The van der Waals surface area contributed by atoms with E-state index in [2.05, 4.69) is 24.1 Å². The molecule has 2 aromatic heterocycles. The molecule has 2 atom stereocenters. The number of benzene rings is 4. The largest absolute Gasteiger partial charge is 0.497 e. The number of aromatic nitrogens is 3. The number of halogens is 3. The Labute approximate surface area is 331 Å². The number of methoxy groups -OCH3 is 1. The van der Waals surface area contributed by atoms with Gasteiger partial charge in [-0.1, -0.05) is 77.3 Å². The molecule has 8 rings (SSSR count). The maximum Gasteiger partial charge on any atom is 0.272 e. The van der Waals surface area contributed by atoms with Crippen LogP contribution in [-0.4, -0.2) is 67.5 Å². The Balaban J connectivity index is 1.22. The number of anilines is 2. The number of hydrogen-bond acceptors (Lipinski definition) is 5. The number of amides is 1. The lowest BCUT2D eigenvalue weighted by molar-refractivity contribution is 0.102. The summed E-state index contributed by atoms with van der Waals surface area (Å²) in [4.78, 5) is 25.5. The molecule has 4 heterocycles. The predicted octanol–water partition coefficient (Wildman–Crippen LogP) is 9.87. The predicted molar refractivity (Wildman–Crippen MR) is 221 cm³/mol. The van der Waals surface area contributed by atoms with Gasteiger partial charge in [0.05, 0.1) is 53.2 Å². The summed E-state index contributed by atoms with van der Waals surface area (Å²) < 4.78 is 22.4. The van der Waals surface area contributed by atoms with Crippen LogP contribution in [-0.2, 0) is 11.0 Å². The Morgan fingerprint density at radius 3 is 2.44 bits per heavy atom. The second kappa shape index (κ2) is 15.4. The second-order valence-corrected chi connectivity index (χ2v) is 16.5. The first-order valence-corrected chi connectivity index (χ1v) is 20.4. The number of fused-ring (bicyclic) bond motifs is 1. The number of imidazole rings is 1. The van der Waals surface area contributed by atoms with E-state index in [4.69, 9.17) is 44.5 Å². The van der Waals surface area contributed by atoms with E-state index in [0.717, 1.165) is 72.5 Å². The third-order valence-corrected chi connectivity index (χ3v) is 13.0. The van der Waals surface area contributed by atoms with Crippen LogP contribution >= 0.6 is 34.8 Å². The zero-order valence-electron chi connectivity index (χ0n) is 29.8. The minimum Gasteiger partial charge on any atom is -0.497 e. The van der Waals surface area contributed by atoms with Crippen molar-refractivity contribution in [1.82, 2.24) is 18.8 Å². The lowest BCUT2D eigenvalue weighted by Gasteiger charge is -2.37. The molecule has 0 saturated carbocycles. The van der Waals surface area contributed by atoms with Gasteiger partial charge in [0.2, 0.25) is 0 Å². The number of piperidine rings is 1. The number of H-pyrrole nitrogens is 1. The van der Waals surface area contributed by atoms with Crippen molar-refractivity contribution in [2.45, 2.75) is 38.3 Å². The van der Waals surface area contributed by atoms with Crippen molar-refractivity contribution >= 4 is 74.0 Å². The fourth-order valence-electron chi connectivity index (χ4n) is 7.80. The molecule has 2 fully saturated rings. The smallest absolute Gasteiger partial charge is 0.272 e. The fourth-order valence-corrected chi connectivity index (χ4v) is 10.0. The molecule has 9 nitrogen and oxygen atoms in total. The summed E-state index contributed by atoms with van der Waals surface area (Å²) in [5.74, 6) is 1.04. The molecular weight excluding hydrogens is 763 g/mol. The van der Waals surface area contributed by atoms with Crippen molar-refractivity contribution in [2.75, 3.05) is 42.7 Å². The molecule has 54 heavy (non-hydrogen) atoms. The van der Waals surface area contributed by atoms with Crippen LogP contribution in [0.3, 0.4) is 0 Å². The van der Waals surface area contributed by atoms with Gasteiger partial charge in [-0.25, -0.2) is 13.5 Å². The first kappa shape index (κ1) is 36.6. The second-order valence-electron chi connectivity index (χ2n) is 13.7. The maximum atomic E-state index is 14.8. The molecule has 2 saturated heterocycles. The highest BCUT2D eigenvalue weighted by Crippen LogP contribution is 2.43. The molecule has 0 bridgehead atoms. The van der Waals surface area contributed by atoms with Crippen LogP contribution in [0.15, 0.2) is 91.3 Å². The van der Waals surface area contributed by atoms with Gasteiger partial charge >= 0.3 is 0 Å². The van der Waals surface area contributed by atoms with E-state index in [9.17, 15) is 9.00 Å². The molecule has 0 spiro atoms. The van der Waals surface area contributed by atoms with Gasteiger partial charge in [-0.2, -0.15) is 0 Å². The van der Waals surface area contributed by atoms with E-state index in [1.807, 2.05) is 85.8 Å². The van der Waals surface area contributed by atoms with Crippen LogP contribution in [0.1, 0.15) is 48.3 Å². The summed E-state index contributed by atoms with van der Waals surface area (Å²) >= 11 is 19.6. The molecule has 1 amide bonds. The van der Waals surface area contributed by atoms with Crippen LogP contribution < -0.4 is 15.0 Å². The summed E-state index contributed by atoms with van der Waals surface area (Å²) in [6, 6.07) is 26.8. The summed E-state index contributed by atoms with van der Waals surface area (Å²) in [7, 11) is 0.717.